The molecule has 0 amide bonds. The maximum Gasteiger partial charge on any atom is 0.125 e. The van der Waals surface area contributed by atoms with E-state index in [1.165, 1.54) is 35.5 Å². The molecule has 2 aromatic rings. The normalized spacial score (nSPS) is 17.3. The first kappa shape index (κ1) is 14.2. The number of nitrogens with one attached hydrogen (secondary N) is 1. The molecule has 112 valence electrons. The third-order valence-electron chi connectivity index (χ3n) is 4.21. The van der Waals surface area contributed by atoms with Gasteiger partial charge in [-0.1, -0.05) is 51.0 Å². The van der Waals surface area contributed by atoms with Crippen LogP contribution in [0.15, 0.2) is 30.3 Å². The van der Waals surface area contributed by atoms with Crippen molar-refractivity contribution in [2.45, 2.75) is 52.0 Å². The fourth-order valence-corrected chi connectivity index (χ4v) is 3.16. The molecule has 0 saturated carbocycles. The van der Waals surface area contributed by atoms with E-state index in [0.29, 0.717) is 6.04 Å². The van der Waals surface area contributed by atoms with Crippen molar-refractivity contribution in [3.63, 3.8) is 0 Å². The minimum atomic E-state index is 0.377. The van der Waals surface area contributed by atoms with Crippen LogP contribution in [0.25, 0.3) is 0 Å². The van der Waals surface area contributed by atoms with Crippen molar-refractivity contribution >= 4 is 5.82 Å². The average molecular weight is 283 g/mol. The molecule has 0 fully saturated rings. The topological polar surface area (TPSA) is 29.9 Å². The van der Waals surface area contributed by atoms with Gasteiger partial charge in [0.1, 0.15) is 5.82 Å². The summed E-state index contributed by atoms with van der Waals surface area (Å²) in [6, 6.07) is 11.7. The monoisotopic (exact) mass is 283 g/mol. The van der Waals surface area contributed by atoms with Gasteiger partial charge < -0.3 is 5.32 Å². The van der Waals surface area contributed by atoms with Crippen LogP contribution < -0.4 is 5.32 Å². The van der Waals surface area contributed by atoms with Crippen LogP contribution in [0.2, 0.25) is 0 Å². The summed E-state index contributed by atoms with van der Waals surface area (Å²) < 4.78 is 2.18. The molecule has 3 rings (SSSR count). The Hall–Kier alpha value is -1.77. The molecule has 1 unspecified atom stereocenters. The van der Waals surface area contributed by atoms with Gasteiger partial charge >= 0.3 is 0 Å². The minimum absolute atomic E-state index is 0.377. The lowest BCUT2D eigenvalue weighted by Crippen LogP contribution is -2.24. The van der Waals surface area contributed by atoms with Crippen molar-refractivity contribution in [3.8, 4) is 0 Å². The Morgan fingerprint density at radius 1 is 1.14 bits per heavy atom. The second-order valence-corrected chi connectivity index (χ2v) is 5.94. The number of aryl methyl sites for hydroxylation is 2. The lowest BCUT2D eigenvalue weighted by atomic mass is 10.00. The van der Waals surface area contributed by atoms with Crippen molar-refractivity contribution in [1.82, 2.24) is 9.78 Å². The molecule has 3 heteroatoms. The van der Waals surface area contributed by atoms with Gasteiger partial charge in [-0.2, -0.15) is 5.10 Å². The predicted octanol–water partition coefficient (Wildman–Crippen LogP) is 4.19. The van der Waals surface area contributed by atoms with Crippen LogP contribution in [0.5, 0.6) is 0 Å². The highest BCUT2D eigenvalue weighted by atomic mass is 15.4. The minimum Gasteiger partial charge on any atom is -0.370 e. The summed E-state index contributed by atoms with van der Waals surface area (Å²) in [5.41, 5.74) is 4.01. The smallest absolute Gasteiger partial charge is 0.125 e. The molecule has 1 aliphatic heterocycles. The first-order chi connectivity index (χ1) is 10.3. The summed E-state index contributed by atoms with van der Waals surface area (Å²) in [7, 11) is 0. The number of hydrogen-bond donors (Lipinski definition) is 1. The Morgan fingerprint density at radius 2 is 1.90 bits per heavy atom. The van der Waals surface area contributed by atoms with E-state index in [9.17, 15) is 0 Å². The standard InChI is InChI=1S/C18H25N3/c1-3-5-14-7-9-15(10-8-14)17-11-12-19-18-13-16(6-4-2)20-21(17)18/h7-10,13,17,19H,3-6,11-12H2,1-2H3. The molecule has 1 aromatic heterocycles. The van der Waals surface area contributed by atoms with Crippen molar-refractivity contribution < 1.29 is 0 Å². The first-order valence-electron chi connectivity index (χ1n) is 8.23. The molecule has 0 aliphatic carbocycles. The zero-order chi connectivity index (χ0) is 14.7. The molecule has 0 radical (unpaired) electrons. The Kier molecular flexibility index (Phi) is 4.28. The number of rotatable bonds is 5. The van der Waals surface area contributed by atoms with Crippen LogP contribution in [0, 0.1) is 0 Å². The quantitative estimate of drug-likeness (QED) is 0.891. The van der Waals surface area contributed by atoms with Crippen molar-refractivity contribution in [3.05, 3.63) is 47.2 Å². The number of hydrogen-bond acceptors (Lipinski definition) is 2. The van der Waals surface area contributed by atoms with Gasteiger partial charge in [-0.05, 0) is 30.4 Å². The summed E-state index contributed by atoms with van der Waals surface area (Å²) in [5.74, 6) is 1.17. The van der Waals surface area contributed by atoms with E-state index in [-0.39, 0.29) is 0 Å². The molecule has 0 saturated heterocycles. The van der Waals surface area contributed by atoms with Crippen LogP contribution in [0.1, 0.15) is 56.0 Å². The van der Waals surface area contributed by atoms with E-state index >= 15 is 0 Å². The number of nitrogens with zero attached hydrogens (tertiary/aromatic N) is 2. The lowest BCUT2D eigenvalue weighted by Gasteiger charge is -2.26. The zero-order valence-electron chi connectivity index (χ0n) is 13.1. The second kappa shape index (κ2) is 6.33. The molecular formula is C18H25N3. The third kappa shape index (κ3) is 2.97. The predicted molar refractivity (Wildman–Crippen MR) is 87.9 cm³/mol. The van der Waals surface area contributed by atoms with E-state index in [0.717, 1.165) is 25.8 Å². The van der Waals surface area contributed by atoms with Gasteiger partial charge in [0.25, 0.3) is 0 Å². The van der Waals surface area contributed by atoms with E-state index in [4.69, 9.17) is 5.10 Å². The molecular weight excluding hydrogens is 258 g/mol. The van der Waals surface area contributed by atoms with Crippen LogP contribution in [0.3, 0.4) is 0 Å². The van der Waals surface area contributed by atoms with Gasteiger partial charge in [-0.15, -0.1) is 0 Å². The fourth-order valence-electron chi connectivity index (χ4n) is 3.16. The number of aromatic nitrogens is 2. The van der Waals surface area contributed by atoms with E-state index in [2.05, 4.69) is 54.2 Å². The number of anilines is 1. The van der Waals surface area contributed by atoms with Crippen LogP contribution in [-0.4, -0.2) is 16.3 Å². The van der Waals surface area contributed by atoms with Crippen molar-refractivity contribution in [2.75, 3.05) is 11.9 Å². The van der Waals surface area contributed by atoms with Gasteiger partial charge in [0.2, 0.25) is 0 Å². The molecule has 0 spiro atoms. The maximum atomic E-state index is 4.81. The van der Waals surface area contributed by atoms with Crippen molar-refractivity contribution in [2.24, 2.45) is 0 Å². The molecule has 1 atom stereocenters. The highest BCUT2D eigenvalue weighted by Crippen LogP contribution is 2.30. The highest BCUT2D eigenvalue weighted by Gasteiger charge is 2.22. The van der Waals surface area contributed by atoms with E-state index in [1.807, 2.05) is 0 Å². The molecule has 1 aliphatic rings. The highest BCUT2D eigenvalue weighted by molar-refractivity contribution is 5.41. The zero-order valence-corrected chi connectivity index (χ0v) is 13.1. The van der Waals surface area contributed by atoms with Gasteiger partial charge in [0.15, 0.2) is 0 Å². The van der Waals surface area contributed by atoms with Gasteiger partial charge in [-0.25, -0.2) is 4.68 Å². The molecule has 2 heterocycles. The third-order valence-corrected chi connectivity index (χ3v) is 4.21. The Morgan fingerprint density at radius 3 is 2.62 bits per heavy atom. The summed E-state index contributed by atoms with van der Waals surface area (Å²) in [4.78, 5) is 0. The second-order valence-electron chi connectivity index (χ2n) is 5.94. The van der Waals surface area contributed by atoms with Crippen molar-refractivity contribution in [1.29, 1.82) is 0 Å². The van der Waals surface area contributed by atoms with Crippen LogP contribution in [0.4, 0.5) is 5.82 Å². The largest absolute Gasteiger partial charge is 0.370 e. The Bertz CT molecular complexity index is 583. The van der Waals surface area contributed by atoms with E-state index in [1.54, 1.807) is 0 Å². The molecule has 0 bridgehead atoms. The molecule has 21 heavy (non-hydrogen) atoms. The summed E-state index contributed by atoms with van der Waals surface area (Å²) in [5, 5.41) is 8.28. The maximum absolute atomic E-state index is 4.81. The average Bonchev–Trinajstić information content (AvgIpc) is 2.91. The fraction of sp³-hybridized carbons (Fsp3) is 0.500. The van der Waals surface area contributed by atoms with Crippen LogP contribution in [-0.2, 0) is 12.8 Å². The molecule has 3 nitrogen and oxygen atoms in total. The molecule has 1 aromatic carbocycles. The van der Waals surface area contributed by atoms with Gasteiger partial charge in [0.05, 0.1) is 11.7 Å². The summed E-state index contributed by atoms with van der Waals surface area (Å²) in [6.45, 7) is 5.46. The Labute approximate surface area is 127 Å². The van der Waals surface area contributed by atoms with Crippen LogP contribution >= 0.6 is 0 Å². The first-order valence-corrected chi connectivity index (χ1v) is 8.23. The number of benzene rings is 1. The number of fused-ring (bicyclic) bond motifs is 1. The Balaban J connectivity index is 1.86. The SMILES string of the molecule is CCCc1ccc(C2CCNc3cc(CCC)nn32)cc1. The van der Waals surface area contributed by atoms with Gasteiger partial charge in [-0.3, -0.25) is 0 Å². The van der Waals surface area contributed by atoms with Gasteiger partial charge in [0, 0.05) is 12.6 Å². The summed E-state index contributed by atoms with van der Waals surface area (Å²) >= 11 is 0. The summed E-state index contributed by atoms with van der Waals surface area (Å²) in [6.07, 6.45) is 5.68. The lowest BCUT2D eigenvalue weighted by molar-refractivity contribution is 0.477. The van der Waals surface area contributed by atoms with E-state index < -0.39 is 0 Å². The molecule has 1 N–H and O–H groups in total.